The van der Waals surface area contributed by atoms with Gasteiger partial charge in [0.2, 0.25) is 0 Å². The quantitative estimate of drug-likeness (QED) is 0.883. The normalized spacial score (nSPS) is 12.0. The van der Waals surface area contributed by atoms with Crippen LogP contribution in [0.25, 0.3) is 0 Å². The molecule has 6 heteroatoms. The number of para-hydroxylation sites is 1. The first-order valence-electron chi connectivity index (χ1n) is 6.57. The van der Waals surface area contributed by atoms with E-state index in [0.717, 1.165) is 5.56 Å². The van der Waals surface area contributed by atoms with Crippen LogP contribution in [0.2, 0.25) is 5.02 Å². The molecular formula is C16H14ClF2NO2. The van der Waals surface area contributed by atoms with Crippen LogP contribution in [0.4, 0.5) is 8.78 Å². The molecule has 2 aromatic carbocycles. The highest BCUT2D eigenvalue weighted by Gasteiger charge is 2.17. The first kappa shape index (κ1) is 16.2. The van der Waals surface area contributed by atoms with Crippen molar-refractivity contribution in [1.82, 2.24) is 5.32 Å². The van der Waals surface area contributed by atoms with Gasteiger partial charge in [-0.3, -0.25) is 4.79 Å². The van der Waals surface area contributed by atoms with E-state index in [9.17, 15) is 13.6 Å². The Balaban J connectivity index is 2.13. The van der Waals surface area contributed by atoms with Crippen molar-refractivity contribution in [3.05, 3.63) is 64.7 Å². The Morgan fingerprint density at radius 3 is 2.41 bits per heavy atom. The van der Waals surface area contributed by atoms with Crippen LogP contribution < -0.4 is 10.1 Å². The van der Waals surface area contributed by atoms with E-state index in [1.165, 1.54) is 18.2 Å². The van der Waals surface area contributed by atoms with Gasteiger partial charge in [0, 0.05) is 5.02 Å². The smallest absolute Gasteiger partial charge is 0.387 e. The fourth-order valence-corrected chi connectivity index (χ4v) is 2.09. The first-order valence-corrected chi connectivity index (χ1v) is 6.95. The monoisotopic (exact) mass is 325 g/mol. The Labute approximate surface area is 131 Å². The van der Waals surface area contributed by atoms with Gasteiger partial charge in [0.1, 0.15) is 5.75 Å². The number of hydrogen-bond acceptors (Lipinski definition) is 2. The summed E-state index contributed by atoms with van der Waals surface area (Å²) >= 11 is 5.81. The van der Waals surface area contributed by atoms with E-state index >= 15 is 0 Å². The molecule has 0 spiro atoms. The van der Waals surface area contributed by atoms with Crippen LogP contribution in [0.15, 0.2) is 48.5 Å². The van der Waals surface area contributed by atoms with E-state index < -0.39 is 12.5 Å². The summed E-state index contributed by atoms with van der Waals surface area (Å²) in [5, 5.41) is 3.33. The largest absolute Gasteiger partial charge is 0.434 e. The predicted molar refractivity (Wildman–Crippen MR) is 80.4 cm³/mol. The van der Waals surface area contributed by atoms with Gasteiger partial charge in [-0.15, -0.1) is 0 Å². The van der Waals surface area contributed by atoms with Crippen LogP contribution in [0.3, 0.4) is 0 Å². The molecule has 0 radical (unpaired) electrons. The summed E-state index contributed by atoms with van der Waals surface area (Å²) in [6, 6.07) is 12.6. The van der Waals surface area contributed by atoms with Gasteiger partial charge in [-0.2, -0.15) is 8.78 Å². The summed E-state index contributed by atoms with van der Waals surface area (Å²) in [7, 11) is 0. The third kappa shape index (κ3) is 4.18. The maximum atomic E-state index is 12.4. The van der Waals surface area contributed by atoms with Crippen LogP contribution in [0, 0.1) is 0 Å². The Hall–Kier alpha value is -2.14. The van der Waals surface area contributed by atoms with Crippen LogP contribution in [-0.2, 0) is 0 Å². The molecule has 0 aromatic heterocycles. The molecule has 0 aliphatic rings. The molecule has 1 N–H and O–H groups in total. The molecule has 2 aromatic rings. The summed E-state index contributed by atoms with van der Waals surface area (Å²) in [6.45, 7) is -1.19. The zero-order valence-corrected chi connectivity index (χ0v) is 12.5. The maximum absolute atomic E-state index is 12.4. The van der Waals surface area contributed by atoms with Gasteiger partial charge in [-0.05, 0) is 36.8 Å². The molecule has 0 saturated carbocycles. The number of ether oxygens (including phenoxy) is 1. The summed E-state index contributed by atoms with van der Waals surface area (Å²) in [5.74, 6) is -0.642. The van der Waals surface area contributed by atoms with Crippen molar-refractivity contribution >= 4 is 17.5 Å². The van der Waals surface area contributed by atoms with Crippen molar-refractivity contribution in [2.75, 3.05) is 0 Å². The zero-order valence-electron chi connectivity index (χ0n) is 11.7. The van der Waals surface area contributed by atoms with E-state index in [4.69, 9.17) is 11.6 Å². The number of rotatable bonds is 5. The molecular weight excluding hydrogens is 312 g/mol. The Morgan fingerprint density at radius 1 is 1.14 bits per heavy atom. The second-order valence-corrected chi connectivity index (χ2v) is 5.06. The molecule has 22 heavy (non-hydrogen) atoms. The topological polar surface area (TPSA) is 38.3 Å². The lowest BCUT2D eigenvalue weighted by Crippen LogP contribution is -2.27. The molecule has 3 nitrogen and oxygen atoms in total. The lowest BCUT2D eigenvalue weighted by atomic mass is 10.1. The van der Waals surface area contributed by atoms with E-state index in [2.05, 4.69) is 10.1 Å². The lowest BCUT2D eigenvalue weighted by Gasteiger charge is -2.16. The predicted octanol–water partition coefficient (Wildman–Crippen LogP) is 4.43. The van der Waals surface area contributed by atoms with Crippen LogP contribution >= 0.6 is 11.6 Å². The minimum Gasteiger partial charge on any atom is -0.434 e. The van der Waals surface area contributed by atoms with Crippen molar-refractivity contribution in [1.29, 1.82) is 0 Å². The molecule has 0 heterocycles. The van der Waals surface area contributed by atoms with Gasteiger partial charge in [0.15, 0.2) is 0 Å². The van der Waals surface area contributed by atoms with E-state index in [1.807, 2.05) is 0 Å². The second-order valence-electron chi connectivity index (χ2n) is 4.62. The second kappa shape index (κ2) is 7.22. The number of carbonyl (C=O) groups is 1. The first-order chi connectivity index (χ1) is 10.5. The molecule has 2 rings (SSSR count). The number of hydrogen-bond donors (Lipinski definition) is 1. The van der Waals surface area contributed by atoms with Crippen molar-refractivity contribution in [3.63, 3.8) is 0 Å². The zero-order chi connectivity index (χ0) is 16.1. The average Bonchev–Trinajstić information content (AvgIpc) is 2.47. The van der Waals surface area contributed by atoms with Gasteiger partial charge in [-0.25, -0.2) is 0 Å². The lowest BCUT2D eigenvalue weighted by molar-refractivity contribution is -0.0501. The third-order valence-electron chi connectivity index (χ3n) is 3.07. The van der Waals surface area contributed by atoms with Crippen LogP contribution in [0.1, 0.15) is 28.9 Å². The number of nitrogens with one attached hydrogen (secondary N) is 1. The van der Waals surface area contributed by atoms with E-state index in [1.54, 1.807) is 37.3 Å². The van der Waals surface area contributed by atoms with Gasteiger partial charge >= 0.3 is 6.61 Å². The summed E-state index contributed by atoms with van der Waals surface area (Å²) in [6.07, 6.45) is 0. The number of alkyl halides is 2. The highest BCUT2D eigenvalue weighted by Crippen LogP contribution is 2.22. The SMILES string of the molecule is C[C@H](NC(=O)c1ccccc1OC(F)F)c1ccc(Cl)cc1. The van der Waals surface area contributed by atoms with Crippen molar-refractivity contribution < 1.29 is 18.3 Å². The van der Waals surface area contributed by atoms with Gasteiger partial charge in [0.25, 0.3) is 5.91 Å². The molecule has 0 saturated heterocycles. The highest BCUT2D eigenvalue weighted by molar-refractivity contribution is 6.30. The molecule has 1 atom stereocenters. The number of amides is 1. The molecule has 0 aliphatic heterocycles. The van der Waals surface area contributed by atoms with E-state index in [0.29, 0.717) is 5.02 Å². The fraction of sp³-hybridized carbons (Fsp3) is 0.188. The minimum absolute atomic E-state index is 0.0589. The number of halogens is 3. The number of carbonyl (C=O) groups excluding carboxylic acids is 1. The standard InChI is InChI=1S/C16H14ClF2NO2/c1-10(11-6-8-12(17)9-7-11)20-15(21)13-4-2-3-5-14(13)22-16(18)19/h2-10,16H,1H3,(H,20,21)/t10-/m0/s1. The van der Waals surface area contributed by atoms with Crippen LogP contribution in [0.5, 0.6) is 5.75 Å². The van der Waals surface area contributed by atoms with Crippen molar-refractivity contribution in [2.45, 2.75) is 19.6 Å². The fourth-order valence-electron chi connectivity index (χ4n) is 1.96. The molecule has 0 unspecified atom stereocenters. The Kier molecular flexibility index (Phi) is 5.33. The average molecular weight is 326 g/mol. The van der Waals surface area contributed by atoms with Crippen LogP contribution in [-0.4, -0.2) is 12.5 Å². The summed E-state index contributed by atoms with van der Waals surface area (Å²) in [5.41, 5.74) is 0.911. The van der Waals surface area contributed by atoms with E-state index in [-0.39, 0.29) is 17.4 Å². The summed E-state index contributed by atoms with van der Waals surface area (Å²) < 4.78 is 29.1. The minimum atomic E-state index is -2.98. The number of benzene rings is 2. The molecule has 0 bridgehead atoms. The molecule has 1 amide bonds. The van der Waals surface area contributed by atoms with Crippen molar-refractivity contribution in [3.8, 4) is 5.75 Å². The Bertz CT molecular complexity index is 647. The van der Waals surface area contributed by atoms with Gasteiger partial charge < -0.3 is 10.1 Å². The van der Waals surface area contributed by atoms with Gasteiger partial charge in [0.05, 0.1) is 11.6 Å². The molecule has 0 fully saturated rings. The Morgan fingerprint density at radius 2 is 1.77 bits per heavy atom. The summed E-state index contributed by atoms with van der Waals surface area (Å²) in [4.78, 5) is 12.2. The maximum Gasteiger partial charge on any atom is 0.387 e. The molecule has 116 valence electrons. The third-order valence-corrected chi connectivity index (χ3v) is 3.32. The van der Waals surface area contributed by atoms with Gasteiger partial charge in [-0.1, -0.05) is 35.9 Å². The van der Waals surface area contributed by atoms with Crippen molar-refractivity contribution in [2.24, 2.45) is 0 Å². The molecule has 0 aliphatic carbocycles. The highest BCUT2D eigenvalue weighted by atomic mass is 35.5.